The van der Waals surface area contributed by atoms with E-state index in [9.17, 15) is 9.59 Å². The molecular formula is C31H37N3O2S. The van der Waals surface area contributed by atoms with Crippen LogP contribution >= 0.6 is 11.3 Å². The number of ketones is 1. The average Bonchev–Trinajstić information content (AvgIpc) is 3.29. The summed E-state index contributed by atoms with van der Waals surface area (Å²) in [7, 11) is 0. The Morgan fingerprint density at radius 2 is 1.70 bits per heavy atom. The molecule has 37 heavy (non-hydrogen) atoms. The first-order valence-electron chi connectivity index (χ1n) is 13.5. The molecule has 6 heteroatoms. The lowest BCUT2D eigenvalue weighted by Gasteiger charge is -2.38. The van der Waals surface area contributed by atoms with E-state index < -0.39 is 0 Å². The second-order valence-electron chi connectivity index (χ2n) is 11.1. The van der Waals surface area contributed by atoms with Crippen molar-refractivity contribution >= 4 is 28.7 Å². The van der Waals surface area contributed by atoms with Gasteiger partial charge in [0.1, 0.15) is 5.78 Å². The molecule has 2 heterocycles. The monoisotopic (exact) mass is 515 g/mol. The number of anilines is 1. The third-order valence-corrected chi connectivity index (χ3v) is 9.16. The maximum atomic E-state index is 12.9. The van der Waals surface area contributed by atoms with Gasteiger partial charge in [-0.2, -0.15) is 0 Å². The molecule has 2 aliphatic rings. The van der Waals surface area contributed by atoms with Gasteiger partial charge in [-0.15, -0.1) is 11.3 Å². The van der Waals surface area contributed by atoms with Crippen molar-refractivity contribution in [2.75, 3.05) is 5.32 Å². The fraction of sp³-hybridized carbons (Fsp3) is 0.452. The highest BCUT2D eigenvalue weighted by Crippen LogP contribution is 2.41. The minimum atomic E-state index is -0.181. The molecule has 0 radical (unpaired) electrons. The van der Waals surface area contributed by atoms with Crippen molar-refractivity contribution in [2.45, 2.75) is 77.2 Å². The van der Waals surface area contributed by atoms with Crippen LogP contribution in [0.25, 0.3) is 22.4 Å². The number of nitrogens with one attached hydrogen (secondary N) is 1. The molecule has 5 rings (SSSR count). The lowest BCUT2D eigenvalue weighted by atomic mass is 9.72. The van der Waals surface area contributed by atoms with Crippen molar-refractivity contribution in [2.24, 2.45) is 17.6 Å². The number of benzene rings is 1. The summed E-state index contributed by atoms with van der Waals surface area (Å²) < 4.78 is 0. The van der Waals surface area contributed by atoms with Gasteiger partial charge in [0.15, 0.2) is 0 Å². The quantitative estimate of drug-likeness (QED) is 0.331. The molecule has 0 saturated heterocycles. The number of aryl methyl sites for hydroxylation is 1. The zero-order valence-electron chi connectivity index (χ0n) is 21.9. The average molecular weight is 516 g/mol. The van der Waals surface area contributed by atoms with Crippen molar-refractivity contribution < 1.29 is 9.59 Å². The van der Waals surface area contributed by atoms with Gasteiger partial charge in [0.05, 0.1) is 17.6 Å². The summed E-state index contributed by atoms with van der Waals surface area (Å²) in [5.74, 6) is 1.18. The van der Waals surface area contributed by atoms with Gasteiger partial charge in [-0.3, -0.25) is 9.78 Å². The van der Waals surface area contributed by atoms with Crippen molar-refractivity contribution in [3.05, 3.63) is 58.4 Å². The van der Waals surface area contributed by atoms with Crippen LogP contribution in [0.2, 0.25) is 0 Å². The second kappa shape index (κ2) is 10.9. The number of carbonyl (C=O) groups excluding carboxylic acids is 2. The van der Waals surface area contributed by atoms with Gasteiger partial charge in [-0.1, -0.05) is 24.3 Å². The minimum Gasteiger partial charge on any atom is -0.325 e. The van der Waals surface area contributed by atoms with Gasteiger partial charge >= 0.3 is 0 Å². The van der Waals surface area contributed by atoms with Gasteiger partial charge < -0.3 is 15.8 Å². The summed E-state index contributed by atoms with van der Waals surface area (Å²) in [4.78, 5) is 30.4. The van der Waals surface area contributed by atoms with E-state index in [1.165, 1.54) is 16.9 Å². The molecule has 0 spiro atoms. The minimum absolute atomic E-state index is 0.0376. The Balaban J connectivity index is 1.32. The van der Waals surface area contributed by atoms with Gasteiger partial charge in [0.2, 0.25) is 5.91 Å². The third-order valence-electron chi connectivity index (χ3n) is 8.32. The summed E-state index contributed by atoms with van der Waals surface area (Å²) >= 11 is 1.71. The normalized spacial score (nSPS) is 20.7. The molecule has 0 bridgehead atoms. The predicted octanol–water partition coefficient (Wildman–Crippen LogP) is 7.24. The van der Waals surface area contributed by atoms with E-state index in [0.29, 0.717) is 24.7 Å². The summed E-state index contributed by atoms with van der Waals surface area (Å²) in [6, 6.07) is 12.7. The number of aromatic nitrogens is 1. The van der Waals surface area contributed by atoms with Crippen LogP contribution in [0.3, 0.4) is 0 Å². The molecule has 0 atom stereocenters. The number of rotatable bonds is 8. The smallest absolute Gasteiger partial charge is 0.224 e. The third kappa shape index (κ3) is 5.86. The number of thiophene rings is 1. The van der Waals surface area contributed by atoms with Gasteiger partial charge in [-0.25, -0.2) is 0 Å². The highest BCUT2D eigenvalue weighted by Gasteiger charge is 2.34. The Hall–Kier alpha value is -2.83. The van der Waals surface area contributed by atoms with Crippen LogP contribution < -0.4 is 11.1 Å². The Kier molecular flexibility index (Phi) is 7.59. The highest BCUT2D eigenvalue weighted by atomic mass is 32.1. The Labute approximate surface area is 223 Å². The number of hydrogen-bond acceptors (Lipinski definition) is 5. The number of hydrogen-bond donors (Lipinski definition) is 2. The van der Waals surface area contributed by atoms with Crippen LogP contribution in [-0.4, -0.2) is 16.7 Å². The Morgan fingerprint density at radius 1 is 1.03 bits per heavy atom. The number of amides is 1. The molecule has 2 saturated carbocycles. The molecule has 0 aliphatic heterocycles. The zero-order valence-corrected chi connectivity index (χ0v) is 22.7. The van der Waals surface area contributed by atoms with E-state index >= 15 is 0 Å². The lowest BCUT2D eigenvalue weighted by molar-refractivity contribution is -0.119. The van der Waals surface area contributed by atoms with Crippen LogP contribution in [0, 0.1) is 18.8 Å². The number of Topliss-reactive ketones (excluding diaryl/α,β-unsaturated/α-hetero) is 1. The van der Waals surface area contributed by atoms with Crippen LogP contribution in [0.4, 0.5) is 5.69 Å². The SMILES string of the molecule is CC(=O)CC1CCC(CC(=O)Nc2cnc(-c3ccc(C4(N)CCC4)cc3)c(-c3ccsc3C)c2)CC1. The van der Waals surface area contributed by atoms with Crippen LogP contribution in [0.15, 0.2) is 48.0 Å². The molecule has 3 N–H and O–H groups in total. The topological polar surface area (TPSA) is 85.1 Å². The number of carbonyl (C=O) groups is 2. The largest absolute Gasteiger partial charge is 0.325 e. The fourth-order valence-electron chi connectivity index (χ4n) is 5.96. The van der Waals surface area contributed by atoms with Gasteiger partial charge in [-0.05, 0) is 99.3 Å². The lowest BCUT2D eigenvalue weighted by Crippen LogP contribution is -2.43. The molecule has 0 unspecified atom stereocenters. The molecule has 1 aromatic carbocycles. The fourth-order valence-corrected chi connectivity index (χ4v) is 6.67. The summed E-state index contributed by atoms with van der Waals surface area (Å²) in [6.45, 7) is 3.79. The standard InChI is InChI=1S/C31H37N3O2S/c1-20(35)16-22-4-6-23(7-5-22)17-29(36)34-26-18-28(27-12-15-37-21(27)2)30(33-19-26)24-8-10-25(11-9-24)31(32)13-3-14-31/h8-12,15,18-19,22-23H,3-7,13-14,16-17,32H2,1-2H3,(H,34,36). The Bertz CT molecular complexity index is 1270. The van der Waals surface area contributed by atoms with Crippen LogP contribution in [0.1, 0.15) is 75.2 Å². The molecule has 2 aromatic heterocycles. The van der Waals surface area contributed by atoms with Crippen molar-refractivity contribution in [3.8, 4) is 22.4 Å². The summed E-state index contributed by atoms with van der Waals surface area (Å²) in [5, 5.41) is 5.21. The van der Waals surface area contributed by atoms with Crippen LogP contribution in [-0.2, 0) is 15.1 Å². The summed E-state index contributed by atoms with van der Waals surface area (Å²) in [6.07, 6.45) is 10.3. The summed E-state index contributed by atoms with van der Waals surface area (Å²) in [5.41, 5.74) is 12.4. The van der Waals surface area contributed by atoms with Crippen molar-refractivity contribution in [1.29, 1.82) is 0 Å². The first-order chi connectivity index (χ1) is 17.8. The molecule has 2 fully saturated rings. The van der Waals surface area contributed by atoms with E-state index in [2.05, 4.69) is 54.0 Å². The molecule has 2 aliphatic carbocycles. The maximum absolute atomic E-state index is 12.9. The zero-order chi connectivity index (χ0) is 26.0. The molecular weight excluding hydrogens is 478 g/mol. The highest BCUT2D eigenvalue weighted by molar-refractivity contribution is 7.10. The van der Waals surface area contributed by atoms with E-state index in [0.717, 1.165) is 66.6 Å². The predicted molar refractivity (Wildman–Crippen MR) is 151 cm³/mol. The molecule has 1 amide bonds. The van der Waals surface area contributed by atoms with E-state index in [1.54, 1.807) is 24.5 Å². The first kappa shape index (κ1) is 25.8. The van der Waals surface area contributed by atoms with Crippen LogP contribution in [0.5, 0.6) is 0 Å². The first-order valence-corrected chi connectivity index (χ1v) is 14.4. The Morgan fingerprint density at radius 3 is 2.27 bits per heavy atom. The molecule has 3 aromatic rings. The van der Waals surface area contributed by atoms with Gasteiger partial charge in [0, 0.05) is 34.4 Å². The number of nitrogens with zero attached hydrogens (tertiary/aromatic N) is 1. The van der Waals surface area contributed by atoms with Crippen molar-refractivity contribution in [1.82, 2.24) is 4.98 Å². The van der Waals surface area contributed by atoms with Gasteiger partial charge in [0.25, 0.3) is 0 Å². The van der Waals surface area contributed by atoms with Crippen molar-refractivity contribution in [3.63, 3.8) is 0 Å². The molecule has 5 nitrogen and oxygen atoms in total. The maximum Gasteiger partial charge on any atom is 0.224 e. The van der Waals surface area contributed by atoms with E-state index in [-0.39, 0.29) is 17.2 Å². The van der Waals surface area contributed by atoms with E-state index in [1.807, 2.05) is 0 Å². The number of nitrogens with two attached hydrogens (primary N) is 1. The molecule has 194 valence electrons. The van der Waals surface area contributed by atoms with E-state index in [4.69, 9.17) is 10.7 Å². The number of pyridine rings is 1. The second-order valence-corrected chi connectivity index (χ2v) is 12.3.